The molecule has 0 aliphatic carbocycles. The minimum absolute atomic E-state index is 0.149. The standard InChI is InChI=1S/C23H21N3O5S2/c27-21(24-18-6-4-5-15(13-18)14-20-22(28)25-23(29)32-20)16-9-11-17(12-10-16)26-33(30,31)19-7-2-1-3-8-19/h1-14,22-23,25-26,28-29H,(H,24,27)/b20-14-. The van der Waals surface area contributed by atoms with Gasteiger partial charge in [0.05, 0.1) is 4.90 Å². The van der Waals surface area contributed by atoms with E-state index in [0.717, 1.165) is 17.3 Å². The van der Waals surface area contributed by atoms with Gasteiger partial charge < -0.3 is 15.5 Å². The van der Waals surface area contributed by atoms with Crippen molar-refractivity contribution >= 4 is 45.1 Å². The monoisotopic (exact) mass is 483 g/mol. The van der Waals surface area contributed by atoms with Crippen molar-refractivity contribution < 1.29 is 23.4 Å². The highest BCUT2D eigenvalue weighted by atomic mass is 32.2. The number of nitrogens with one attached hydrogen (secondary N) is 3. The summed E-state index contributed by atoms with van der Waals surface area (Å²) in [5, 5.41) is 24.8. The predicted molar refractivity (Wildman–Crippen MR) is 129 cm³/mol. The summed E-state index contributed by atoms with van der Waals surface area (Å²) >= 11 is 1.11. The molecular formula is C23H21N3O5S2. The molecule has 1 amide bonds. The first-order valence-corrected chi connectivity index (χ1v) is 12.3. The second kappa shape index (κ2) is 9.77. The molecule has 2 unspecified atom stereocenters. The summed E-state index contributed by atoms with van der Waals surface area (Å²) in [5.74, 6) is -0.357. The van der Waals surface area contributed by atoms with E-state index in [-0.39, 0.29) is 10.8 Å². The smallest absolute Gasteiger partial charge is 0.261 e. The number of amides is 1. The fourth-order valence-corrected chi connectivity index (χ4v) is 5.07. The van der Waals surface area contributed by atoms with Crippen LogP contribution in [0.3, 0.4) is 0 Å². The molecule has 4 rings (SSSR count). The van der Waals surface area contributed by atoms with Gasteiger partial charge in [-0.05, 0) is 60.2 Å². The minimum atomic E-state index is -3.71. The van der Waals surface area contributed by atoms with Crippen molar-refractivity contribution in [1.29, 1.82) is 0 Å². The molecule has 1 fully saturated rings. The lowest BCUT2D eigenvalue weighted by Crippen LogP contribution is -2.28. The van der Waals surface area contributed by atoms with Gasteiger partial charge in [0, 0.05) is 21.8 Å². The molecule has 0 spiro atoms. The molecule has 2 atom stereocenters. The van der Waals surface area contributed by atoms with Crippen molar-refractivity contribution in [2.24, 2.45) is 0 Å². The molecule has 1 heterocycles. The zero-order valence-electron chi connectivity index (χ0n) is 17.2. The van der Waals surface area contributed by atoms with Gasteiger partial charge in [-0.2, -0.15) is 0 Å². The predicted octanol–water partition coefficient (Wildman–Crippen LogP) is 3.01. The largest absolute Gasteiger partial charge is 0.374 e. The molecule has 3 aromatic carbocycles. The molecule has 5 N–H and O–H groups in total. The highest BCUT2D eigenvalue weighted by Crippen LogP contribution is 2.30. The maximum atomic E-state index is 12.6. The Morgan fingerprint density at radius 2 is 1.67 bits per heavy atom. The Morgan fingerprint density at radius 1 is 0.939 bits per heavy atom. The lowest BCUT2D eigenvalue weighted by molar-refractivity contribution is 0.102. The van der Waals surface area contributed by atoms with Crippen LogP contribution in [0.2, 0.25) is 0 Å². The number of carbonyl (C=O) groups is 1. The molecule has 1 aliphatic rings. The van der Waals surface area contributed by atoms with Crippen LogP contribution in [0, 0.1) is 0 Å². The molecule has 8 nitrogen and oxygen atoms in total. The number of sulfonamides is 1. The molecule has 0 saturated carbocycles. The number of hydrogen-bond acceptors (Lipinski definition) is 7. The summed E-state index contributed by atoms with van der Waals surface area (Å²) in [4.78, 5) is 13.3. The molecule has 0 aromatic heterocycles. The van der Waals surface area contributed by atoms with E-state index in [2.05, 4.69) is 15.4 Å². The molecule has 1 saturated heterocycles. The van der Waals surface area contributed by atoms with Crippen LogP contribution in [0.5, 0.6) is 0 Å². The van der Waals surface area contributed by atoms with Gasteiger partial charge in [-0.15, -0.1) is 0 Å². The second-order valence-corrected chi connectivity index (χ2v) is 10.00. The Balaban J connectivity index is 1.43. The van der Waals surface area contributed by atoms with Crippen LogP contribution >= 0.6 is 11.8 Å². The third-order valence-electron chi connectivity index (χ3n) is 4.72. The van der Waals surface area contributed by atoms with Gasteiger partial charge in [-0.3, -0.25) is 14.8 Å². The fourth-order valence-electron chi connectivity index (χ4n) is 3.13. The van der Waals surface area contributed by atoms with Crippen LogP contribution in [0.1, 0.15) is 15.9 Å². The first-order chi connectivity index (χ1) is 15.8. The minimum Gasteiger partial charge on any atom is -0.374 e. The highest BCUT2D eigenvalue weighted by molar-refractivity contribution is 8.03. The number of anilines is 2. The van der Waals surface area contributed by atoms with Crippen molar-refractivity contribution in [2.75, 3.05) is 10.0 Å². The Kier molecular flexibility index (Phi) is 6.82. The molecule has 0 bridgehead atoms. The van der Waals surface area contributed by atoms with E-state index in [1.165, 1.54) is 36.4 Å². The number of hydrogen-bond donors (Lipinski definition) is 5. The van der Waals surface area contributed by atoms with E-state index in [1.54, 1.807) is 42.5 Å². The number of benzene rings is 3. The van der Waals surface area contributed by atoms with Gasteiger partial charge in [0.25, 0.3) is 15.9 Å². The normalized spacial score (nSPS) is 19.4. The summed E-state index contributed by atoms with van der Waals surface area (Å²) < 4.78 is 27.3. The first-order valence-electron chi connectivity index (χ1n) is 9.90. The quantitative estimate of drug-likeness (QED) is 0.365. The van der Waals surface area contributed by atoms with Crippen LogP contribution in [0.25, 0.3) is 6.08 Å². The van der Waals surface area contributed by atoms with Gasteiger partial charge in [-0.25, -0.2) is 8.42 Å². The van der Waals surface area contributed by atoms with E-state index in [9.17, 15) is 23.4 Å². The van der Waals surface area contributed by atoms with Crippen molar-refractivity contribution in [1.82, 2.24) is 5.32 Å². The van der Waals surface area contributed by atoms with Gasteiger partial charge >= 0.3 is 0 Å². The van der Waals surface area contributed by atoms with Gasteiger partial charge in [0.2, 0.25) is 0 Å². The lowest BCUT2D eigenvalue weighted by atomic mass is 10.1. The summed E-state index contributed by atoms with van der Waals surface area (Å²) in [7, 11) is -3.71. The molecule has 1 aliphatic heterocycles. The molecule has 10 heteroatoms. The van der Waals surface area contributed by atoms with E-state index in [0.29, 0.717) is 21.8 Å². The molecule has 33 heavy (non-hydrogen) atoms. The SMILES string of the molecule is O=C(Nc1cccc(/C=C2\SC(O)NC2O)c1)c1ccc(NS(=O)(=O)c2ccccc2)cc1. The zero-order chi connectivity index (χ0) is 23.4. The fraction of sp³-hybridized carbons (Fsp3) is 0.0870. The van der Waals surface area contributed by atoms with Gasteiger partial charge in [0.15, 0.2) is 5.56 Å². The Morgan fingerprint density at radius 3 is 2.33 bits per heavy atom. The van der Waals surface area contributed by atoms with Gasteiger partial charge in [-0.1, -0.05) is 42.1 Å². The highest BCUT2D eigenvalue weighted by Gasteiger charge is 2.25. The third kappa shape index (κ3) is 5.81. The lowest BCUT2D eigenvalue weighted by Gasteiger charge is -2.10. The van der Waals surface area contributed by atoms with Crippen molar-refractivity contribution in [2.45, 2.75) is 16.7 Å². The maximum absolute atomic E-state index is 12.6. The van der Waals surface area contributed by atoms with Crippen molar-refractivity contribution in [3.05, 3.63) is 94.9 Å². The summed E-state index contributed by atoms with van der Waals surface area (Å²) in [6.07, 6.45) is 0.781. The number of carbonyl (C=O) groups excluding carboxylic acids is 1. The molecule has 170 valence electrons. The molecular weight excluding hydrogens is 462 g/mol. The second-order valence-electron chi connectivity index (χ2n) is 7.16. The van der Waals surface area contributed by atoms with E-state index < -0.39 is 21.8 Å². The number of aliphatic hydroxyl groups excluding tert-OH is 2. The Labute approximate surface area is 195 Å². The van der Waals surface area contributed by atoms with Crippen LogP contribution in [0.15, 0.2) is 88.7 Å². The summed E-state index contributed by atoms with van der Waals surface area (Å²) in [6.45, 7) is 0. The van der Waals surface area contributed by atoms with E-state index in [1.807, 2.05) is 6.07 Å². The van der Waals surface area contributed by atoms with E-state index in [4.69, 9.17) is 0 Å². The van der Waals surface area contributed by atoms with Crippen LogP contribution < -0.4 is 15.4 Å². The van der Waals surface area contributed by atoms with E-state index >= 15 is 0 Å². The maximum Gasteiger partial charge on any atom is 0.261 e. The number of aliphatic hydroxyl groups is 2. The van der Waals surface area contributed by atoms with Crippen LogP contribution in [0.4, 0.5) is 11.4 Å². The third-order valence-corrected chi connectivity index (χ3v) is 7.09. The molecule has 0 radical (unpaired) electrons. The number of rotatable bonds is 6. The average Bonchev–Trinajstić information content (AvgIpc) is 3.11. The van der Waals surface area contributed by atoms with Crippen LogP contribution in [-0.2, 0) is 10.0 Å². The zero-order valence-corrected chi connectivity index (χ0v) is 18.8. The first kappa shape index (κ1) is 23.0. The van der Waals surface area contributed by atoms with Gasteiger partial charge in [0.1, 0.15) is 6.23 Å². The topological polar surface area (TPSA) is 128 Å². The average molecular weight is 484 g/mol. The summed E-state index contributed by atoms with van der Waals surface area (Å²) in [5.41, 5.74) is 1.13. The van der Waals surface area contributed by atoms with Crippen molar-refractivity contribution in [3.63, 3.8) is 0 Å². The Hall–Kier alpha value is -3.15. The summed E-state index contributed by atoms with van der Waals surface area (Å²) in [6, 6.07) is 21.2. The number of thioether (sulfide) groups is 1. The molecule has 3 aromatic rings. The Bertz CT molecular complexity index is 1280. The van der Waals surface area contributed by atoms with Crippen molar-refractivity contribution in [3.8, 4) is 0 Å². The van der Waals surface area contributed by atoms with Crippen LogP contribution in [-0.4, -0.2) is 36.3 Å².